The summed E-state index contributed by atoms with van der Waals surface area (Å²) in [6, 6.07) is 22.2. The first-order valence-electron chi connectivity index (χ1n) is 12.5. The van der Waals surface area contributed by atoms with Crippen LogP contribution in [-0.4, -0.2) is 48.2 Å². The molecule has 4 aromatic rings. The Hall–Kier alpha value is -3.77. The number of amides is 1. The standard InChI is InChI=1S/C28H29N5O5S/c1-18(35)29-15-19-2-8-22(9-3-19)27-37-25(14-26(38-27)21-6-4-20(16-34)5-7-21)17-39-28-30-31-32-33(28)23-10-12-24(36)13-11-23/h2-13,25-27,34,36H,14-17H2,1H3,(H,29,35). The summed E-state index contributed by atoms with van der Waals surface area (Å²) >= 11 is 1.48. The fourth-order valence-corrected chi connectivity index (χ4v) is 5.14. The van der Waals surface area contributed by atoms with Crippen LogP contribution in [0.5, 0.6) is 5.75 Å². The number of nitrogens with zero attached hydrogens (tertiary/aromatic N) is 4. The average Bonchev–Trinajstić information content (AvgIpc) is 3.44. The number of carbonyl (C=O) groups is 1. The zero-order valence-corrected chi connectivity index (χ0v) is 22.1. The van der Waals surface area contributed by atoms with Crippen molar-refractivity contribution in [1.29, 1.82) is 0 Å². The summed E-state index contributed by atoms with van der Waals surface area (Å²) in [5.74, 6) is 0.679. The Balaban J connectivity index is 1.33. The highest BCUT2D eigenvalue weighted by molar-refractivity contribution is 7.99. The maximum absolute atomic E-state index is 11.2. The smallest absolute Gasteiger partial charge is 0.217 e. The number of nitrogens with one attached hydrogen (secondary N) is 1. The highest BCUT2D eigenvalue weighted by Gasteiger charge is 2.32. The van der Waals surface area contributed by atoms with Crippen molar-refractivity contribution in [2.45, 2.75) is 50.2 Å². The van der Waals surface area contributed by atoms with E-state index in [-0.39, 0.29) is 30.5 Å². The quantitative estimate of drug-likeness (QED) is 0.268. The molecule has 1 aromatic heterocycles. The van der Waals surface area contributed by atoms with Crippen molar-refractivity contribution in [1.82, 2.24) is 25.5 Å². The number of aliphatic hydroxyl groups is 1. The lowest BCUT2D eigenvalue weighted by Gasteiger charge is -2.36. The van der Waals surface area contributed by atoms with Gasteiger partial charge in [-0.3, -0.25) is 4.79 Å². The van der Waals surface area contributed by atoms with Gasteiger partial charge in [0, 0.05) is 31.2 Å². The van der Waals surface area contributed by atoms with Gasteiger partial charge >= 0.3 is 0 Å². The van der Waals surface area contributed by atoms with Gasteiger partial charge in [-0.2, -0.15) is 4.68 Å². The minimum atomic E-state index is -0.588. The van der Waals surface area contributed by atoms with E-state index in [0.717, 1.165) is 27.9 Å². The molecule has 3 aromatic carbocycles. The molecule has 202 valence electrons. The monoisotopic (exact) mass is 547 g/mol. The zero-order valence-electron chi connectivity index (χ0n) is 21.3. The molecule has 2 heterocycles. The van der Waals surface area contributed by atoms with E-state index >= 15 is 0 Å². The van der Waals surface area contributed by atoms with Crippen LogP contribution in [0.15, 0.2) is 78.0 Å². The highest BCUT2D eigenvalue weighted by atomic mass is 32.2. The van der Waals surface area contributed by atoms with Gasteiger partial charge in [0.15, 0.2) is 6.29 Å². The Labute approximate surface area is 230 Å². The van der Waals surface area contributed by atoms with Gasteiger partial charge in [0.05, 0.1) is 24.5 Å². The number of hydrogen-bond acceptors (Lipinski definition) is 9. The molecule has 1 aliphatic rings. The number of aromatic nitrogens is 4. The third kappa shape index (κ3) is 6.82. The molecule has 1 saturated heterocycles. The normalized spacial score (nSPS) is 19.1. The van der Waals surface area contributed by atoms with E-state index in [2.05, 4.69) is 20.8 Å². The van der Waals surface area contributed by atoms with Gasteiger partial charge in [-0.15, -0.1) is 5.10 Å². The fraction of sp³-hybridized carbons (Fsp3) is 0.286. The molecule has 39 heavy (non-hydrogen) atoms. The molecule has 5 rings (SSSR count). The van der Waals surface area contributed by atoms with Crippen LogP contribution >= 0.6 is 11.8 Å². The summed E-state index contributed by atoms with van der Waals surface area (Å²) in [4.78, 5) is 11.2. The maximum atomic E-state index is 11.2. The van der Waals surface area contributed by atoms with Crippen LogP contribution in [0.25, 0.3) is 5.69 Å². The van der Waals surface area contributed by atoms with Crippen LogP contribution in [0.3, 0.4) is 0 Å². The summed E-state index contributed by atoms with van der Waals surface area (Å²) in [5.41, 5.74) is 4.44. The van der Waals surface area contributed by atoms with E-state index in [9.17, 15) is 15.0 Å². The van der Waals surface area contributed by atoms with E-state index in [0.29, 0.717) is 23.9 Å². The van der Waals surface area contributed by atoms with Crippen LogP contribution in [0, 0.1) is 0 Å². The third-order valence-corrected chi connectivity index (χ3v) is 7.39. The van der Waals surface area contributed by atoms with Gasteiger partial charge in [-0.05, 0) is 51.4 Å². The number of phenols is 1. The van der Waals surface area contributed by atoms with Gasteiger partial charge < -0.3 is 25.0 Å². The largest absolute Gasteiger partial charge is 0.508 e. The van der Waals surface area contributed by atoms with Crippen LogP contribution in [0.2, 0.25) is 0 Å². The summed E-state index contributed by atoms with van der Waals surface area (Å²) < 4.78 is 14.4. The topological polar surface area (TPSA) is 132 Å². The molecule has 0 saturated carbocycles. The van der Waals surface area contributed by atoms with Crippen LogP contribution < -0.4 is 5.32 Å². The third-order valence-electron chi connectivity index (χ3n) is 6.34. The molecule has 1 aliphatic heterocycles. The molecule has 1 fully saturated rings. The molecule has 1 amide bonds. The molecule has 10 nitrogen and oxygen atoms in total. The van der Waals surface area contributed by atoms with Crippen LogP contribution in [-0.2, 0) is 27.4 Å². The summed E-state index contributed by atoms with van der Waals surface area (Å²) in [7, 11) is 0. The van der Waals surface area contributed by atoms with Crippen molar-refractivity contribution >= 4 is 17.7 Å². The second-order valence-corrected chi connectivity index (χ2v) is 10.2. The highest BCUT2D eigenvalue weighted by Crippen LogP contribution is 2.39. The second kappa shape index (κ2) is 12.4. The van der Waals surface area contributed by atoms with Crippen molar-refractivity contribution in [3.63, 3.8) is 0 Å². The molecule has 0 aliphatic carbocycles. The van der Waals surface area contributed by atoms with Crippen molar-refractivity contribution in [2.75, 3.05) is 5.75 Å². The van der Waals surface area contributed by atoms with E-state index in [1.54, 1.807) is 28.9 Å². The minimum Gasteiger partial charge on any atom is -0.508 e. The van der Waals surface area contributed by atoms with Crippen molar-refractivity contribution < 1.29 is 24.5 Å². The van der Waals surface area contributed by atoms with E-state index in [1.807, 2.05) is 48.5 Å². The summed E-state index contributed by atoms with van der Waals surface area (Å²) in [6.45, 7) is 1.93. The first-order valence-corrected chi connectivity index (χ1v) is 13.5. The number of hydrogen-bond donors (Lipinski definition) is 3. The molecular formula is C28H29N5O5S. The number of thioether (sulfide) groups is 1. The summed E-state index contributed by atoms with van der Waals surface area (Å²) in [6.07, 6.45) is -0.340. The lowest BCUT2D eigenvalue weighted by atomic mass is 10.0. The van der Waals surface area contributed by atoms with Gasteiger partial charge in [0.1, 0.15) is 5.75 Å². The number of carbonyl (C=O) groups excluding carboxylic acids is 1. The number of tetrazole rings is 1. The Morgan fingerprint density at radius 2 is 1.69 bits per heavy atom. The lowest BCUT2D eigenvalue weighted by Crippen LogP contribution is -2.31. The number of aliphatic hydroxyl groups excluding tert-OH is 1. The lowest BCUT2D eigenvalue weighted by molar-refractivity contribution is -0.245. The number of benzene rings is 3. The predicted octanol–water partition coefficient (Wildman–Crippen LogP) is 3.83. The van der Waals surface area contributed by atoms with Crippen molar-refractivity contribution in [2.24, 2.45) is 0 Å². The molecule has 3 atom stereocenters. The number of ether oxygens (including phenoxy) is 2. The Morgan fingerprint density at radius 1 is 1.00 bits per heavy atom. The molecule has 3 unspecified atom stereocenters. The maximum Gasteiger partial charge on any atom is 0.217 e. The van der Waals surface area contributed by atoms with Crippen LogP contribution in [0.4, 0.5) is 0 Å². The molecule has 3 N–H and O–H groups in total. The first kappa shape index (κ1) is 26.8. The van der Waals surface area contributed by atoms with E-state index < -0.39 is 6.29 Å². The number of rotatable bonds is 9. The van der Waals surface area contributed by atoms with Gasteiger partial charge in [0.2, 0.25) is 11.1 Å². The Bertz CT molecular complexity index is 1380. The number of phenolic OH excluding ortho intramolecular Hbond substituents is 1. The zero-order chi connectivity index (χ0) is 27.2. The Morgan fingerprint density at radius 3 is 2.38 bits per heavy atom. The molecule has 0 spiro atoms. The van der Waals surface area contributed by atoms with E-state index in [1.165, 1.54) is 18.7 Å². The van der Waals surface area contributed by atoms with Gasteiger partial charge in [-0.25, -0.2) is 0 Å². The van der Waals surface area contributed by atoms with Crippen LogP contribution in [0.1, 0.15) is 48.0 Å². The fourth-order valence-electron chi connectivity index (χ4n) is 4.23. The number of aromatic hydroxyl groups is 1. The van der Waals surface area contributed by atoms with Gasteiger partial charge in [0.25, 0.3) is 0 Å². The van der Waals surface area contributed by atoms with Crippen molar-refractivity contribution in [3.05, 3.63) is 95.1 Å². The SMILES string of the molecule is CC(=O)NCc1ccc(C2OC(CSc3nnnn3-c3ccc(O)cc3)CC(c3ccc(CO)cc3)O2)cc1. The van der Waals surface area contributed by atoms with Gasteiger partial charge in [-0.1, -0.05) is 60.3 Å². The summed E-state index contributed by atoms with van der Waals surface area (Å²) in [5, 5.41) is 34.5. The molecule has 11 heteroatoms. The predicted molar refractivity (Wildman–Crippen MR) is 144 cm³/mol. The molecule has 0 radical (unpaired) electrons. The average molecular weight is 548 g/mol. The van der Waals surface area contributed by atoms with Crippen molar-refractivity contribution in [3.8, 4) is 11.4 Å². The Kier molecular flexibility index (Phi) is 8.52. The minimum absolute atomic E-state index is 0.0165. The van der Waals surface area contributed by atoms with E-state index in [4.69, 9.17) is 9.47 Å². The molecule has 0 bridgehead atoms. The second-order valence-electron chi connectivity index (χ2n) is 9.20. The molecular weight excluding hydrogens is 518 g/mol. The first-order chi connectivity index (χ1) is 19.0.